The number of benzene rings is 1. The van der Waals surface area contributed by atoms with Gasteiger partial charge in [0.1, 0.15) is 0 Å². The van der Waals surface area contributed by atoms with Crippen LogP contribution in [0, 0.1) is 6.92 Å². The molecule has 0 radical (unpaired) electrons. The fourth-order valence-corrected chi connectivity index (χ4v) is 2.18. The standard InChI is InChI=1S/C15H20N2O3/c1-11-5-2-3-7-13(11)15(19)17-10-14(18)16-9-12-6-4-8-20-12/h2-3,5,7,12H,4,6,8-10H2,1H3,(H,16,18)(H,17,19). The van der Waals surface area contributed by atoms with Crippen molar-refractivity contribution in [3.05, 3.63) is 35.4 Å². The lowest BCUT2D eigenvalue weighted by atomic mass is 10.1. The third-order valence-corrected chi connectivity index (χ3v) is 3.35. The molecule has 1 aliphatic rings. The summed E-state index contributed by atoms with van der Waals surface area (Å²) in [6, 6.07) is 7.29. The molecule has 1 aromatic carbocycles. The summed E-state index contributed by atoms with van der Waals surface area (Å²) in [5.74, 6) is -0.419. The van der Waals surface area contributed by atoms with E-state index in [0.717, 1.165) is 25.0 Å². The van der Waals surface area contributed by atoms with Crippen LogP contribution < -0.4 is 10.6 Å². The number of hydrogen-bond donors (Lipinski definition) is 2. The quantitative estimate of drug-likeness (QED) is 0.843. The highest BCUT2D eigenvalue weighted by Gasteiger charge is 2.16. The van der Waals surface area contributed by atoms with Crippen LogP contribution in [0.25, 0.3) is 0 Å². The van der Waals surface area contributed by atoms with Crippen LogP contribution in [-0.2, 0) is 9.53 Å². The van der Waals surface area contributed by atoms with Crippen molar-refractivity contribution in [2.75, 3.05) is 19.7 Å². The van der Waals surface area contributed by atoms with E-state index in [4.69, 9.17) is 4.74 Å². The highest BCUT2D eigenvalue weighted by molar-refractivity contribution is 5.97. The first-order valence-electron chi connectivity index (χ1n) is 6.89. The largest absolute Gasteiger partial charge is 0.376 e. The number of carbonyl (C=O) groups is 2. The second kappa shape index (κ2) is 7.05. The fraction of sp³-hybridized carbons (Fsp3) is 0.467. The van der Waals surface area contributed by atoms with Crippen molar-refractivity contribution in [3.8, 4) is 0 Å². The van der Waals surface area contributed by atoms with E-state index in [0.29, 0.717) is 12.1 Å². The molecule has 0 aliphatic carbocycles. The molecule has 0 bridgehead atoms. The molecule has 1 aliphatic heterocycles. The maximum atomic E-state index is 11.9. The van der Waals surface area contributed by atoms with Crippen LogP contribution in [0.3, 0.4) is 0 Å². The van der Waals surface area contributed by atoms with Gasteiger partial charge in [-0.15, -0.1) is 0 Å². The predicted octanol–water partition coefficient (Wildman–Crippen LogP) is 1.02. The monoisotopic (exact) mass is 276 g/mol. The zero-order valence-electron chi connectivity index (χ0n) is 11.6. The number of carbonyl (C=O) groups excluding carboxylic acids is 2. The molecule has 1 aromatic rings. The Hall–Kier alpha value is -1.88. The second-order valence-electron chi connectivity index (χ2n) is 4.94. The minimum atomic E-state index is -0.227. The molecule has 0 aromatic heterocycles. The van der Waals surface area contributed by atoms with Gasteiger partial charge in [-0.2, -0.15) is 0 Å². The third-order valence-electron chi connectivity index (χ3n) is 3.35. The Balaban J connectivity index is 1.72. The highest BCUT2D eigenvalue weighted by atomic mass is 16.5. The van der Waals surface area contributed by atoms with Crippen molar-refractivity contribution in [2.45, 2.75) is 25.9 Å². The lowest BCUT2D eigenvalue weighted by Gasteiger charge is -2.11. The average molecular weight is 276 g/mol. The van der Waals surface area contributed by atoms with Gasteiger partial charge in [-0.05, 0) is 31.4 Å². The lowest BCUT2D eigenvalue weighted by molar-refractivity contribution is -0.120. The Morgan fingerprint density at radius 3 is 2.80 bits per heavy atom. The zero-order chi connectivity index (χ0) is 14.4. The van der Waals surface area contributed by atoms with Gasteiger partial charge in [-0.1, -0.05) is 18.2 Å². The number of hydrogen-bond acceptors (Lipinski definition) is 3. The van der Waals surface area contributed by atoms with Gasteiger partial charge in [0, 0.05) is 18.7 Å². The van der Waals surface area contributed by atoms with E-state index in [-0.39, 0.29) is 24.5 Å². The number of nitrogens with one attached hydrogen (secondary N) is 2. The molecule has 1 saturated heterocycles. The number of ether oxygens (including phenoxy) is 1. The molecule has 1 fully saturated rings. The Morgan fingerprint density at radius 1 is 1.30 bits per heavy atom. The number of amides is 2. The second-order valence-corrected chi connectivity index (χ2v) is 4.94. The summed E-state index contributed by atoms with van der Waals surface area (Å²) in [5.41, 5.74) is 1.49. The van der Waals surface area contributed by atoms with Crippen LogP contribution in [0.1, 0.15) is 28.8 Å². The van der Waals surface area contributed by atoms with E-state index in [2.05, 4.69) is 10.6 Å². The topological polar surface area (TPSA) is 67.4 Å². The van der Waals surface area contributed by atoms with Crippen molar-refractivity contribution < 1.29 is 14.3 Å². The molecule has 1 heterocycles. The molecule has 2 N–H and O–H groups in total. The molecule has 1 atom stereocenters. The molecule has 5 heteroatoms. The van der Waals surface area contributed by atoms with E-state index in [1.54, 1.807) is 12.1 Å². The van der Waals surface area contributed by atoms with Gasteiger partial charge in [0.15, 0.2) is 0 Å². The van der Waals surface area contributed by atoms with Crippen molar-refractivity contribution in [2.24, 2.45) is 0 Å². The first-order valence-corrected chi connectivity index (χ1v) is 6.89. The Bertz CT molecular complexity index is 482. The highest BCUT2D eigenvalue weighted by Crippen LogP contribution is 2.10. The van der Waals surface area contributed by atoms with Crippen molar-refractivity contribution in [1.29, 1.82) is 0 Å². The molecule has 0 saturated carbocycles. The molecule has 20 heavy (non-hydrogen) atoms. The first kappa shape index (κ1) is 14.5. The van der Waals surface area contributed by atoms with Gasteiger partial charge >= 0.3 is 0 Å². The van der Waals surface area contributed by atoms with E-state index >= 15 is 0 Å². The van der Waals surface area contributed by atoms with Gasteiger partial charge in [-0.3, -0.25) is 9.59 Å². The molecule has 108 valence electrons. The van der Waals surface area contributed by atoms with E-state index < -0.39 is 0 Å². The summed E-state index contributed by atoms with van der Waals surface area (Å²) >= 11 is 0. The summed E-state index contributed by atoms with van der Waals surface area (Å²) in [6.07, 6.45) is 2.14. The van der Waals surface area contributed by atoms with E-state index in [1.807, 2.05) is 19.1 Å². The summed E-state index contributed by atoms with van der Waals surface area (Å²) in [5, 5.41) is 5.39. The van der Waals surface area contributed by atoms with Crippen LogP contribution in [0.15, 0.2) is 24.3 Å². The minimum Gasteiger partial charge on any atom is -0.376 e. The minimum absolute atomic E-state index is 0.0140. The third kappa shape index (κ3) is 4.06. The maximum Gasteiger partial charge on any atom is 0.251 e. The Labute approximate surface area is 118 Å². The summed E-state index contributed by atoms with van der Waals surface area (Å²) in [4.78, 5) is 23.6. The fourth-order valence-electron chi connectivity index (χ4n) is 2.18. The van der Waals surface area contributed by atoms with Crippen LogP contribution >= 0.6 is 0 Å². The van der Waals surface area contributed by atoms with Gasteiger partial charge < -0.3 is 15.4 Å². The van der Waals surface area contributed by atoms with Crippen LogP contribution in [-0.4, -0.2) is 37.6 Å². The molecular formula is C15H20N2O3. The van der Waals surface area contributed by atoms with Gasteiger partial charge in [0.2, 0.25) is 5.91 Å². The summed E-state index contributed by atoms with van der Waals surface area (Å²) < 4.78 is 5.41. The van der Waals surface area contributed by atoms with E-state index in [9.17, 15) is 9.59 Å². The molecule has 5 nitrogen and oxygen atoms in total. The van der Waals surface area contributed by atoms with Crippen molar-refractivity contribution >= 4 is 11.8 Å². The smallest absolute Gasteiger partial charge is 0.251 e. The predicted molar refractivity (Wildman–Crippen MR) is 75.5 cm³/mol. The normalized spacial score (nSPS) is 17.8. The Morgan fingerprint density at radius 2 is 2.10 bits per heavy atom. The van der Waals surface area contributed by atoms with E-state index in [1.165, 1.54) is 0 Å². The molecule has 0 spiro atoms. The average Bonchev–Trinajstić information content (AvgIpc) is 2.96. The van der Waals surface area contributed by atoms with Crippen molar-refractivity contribution in [3.63, 3.8) is 0 Å². The zero-order valence-corrected chi connectivity index (χ0v) is 11.6. The lowest BCUT2D eigenvalue weighted by Crippen LogP contribution is -2.40. The molecular weight excluding hydrogens is 256 g/mol. The van der Waals surface area contributed by atoms with Crippen molar-refractivity contribution in [1.82, 2.24) is 10.6 Å². The maximum absolute atomic E-state index is 11.9. The van der Waals surface area contributed by atoms with Crippen LogP contribution in [0.4, 0.5) is 0 Å². The van der Waals surface area contributed by atoms with Crippen LogP contribution in [0.2, 0.25) is 0 Å². The van der Waals surface area contributed by atoms with Gasteiger partial charge in [-0.25, -0.2) is 0 Å². The molecule has 2 amide bonds. The number of rotatable bonds is 5. The molecule has 2 rings (SSSR count). The van der Waals surface area contributed by atoms with Gasteiger partial charge in [0.25, 0.3) is 5.91 Å². The molecule has 1 unspecified atom stereocenters. The Kier molecular flexibility index (Phi) is 5.12. The summed E-state index contributed by atoms with van der Waals surface area (Å²) in [7, 11) is 0. The van der Waals surface area contributed by atoms with Crippen LogP contribution in [0.5, 0.6) is 0 Å². The first-order chi connectivity index (χ1) is 9.66. The SMILES string of the molecule is Cc1ccccc1C(=O)NCC(=O)NCC1CCCO1. The number of aryl methyl sites for hydroxylation is 1. The summed E-state index contributed by atoms with van der Waals surface area (Å²) in [6.45, 7) is 3.13. The van der Waals surface area contributed by atoms with Gasteiger partial charge in [0.05, 0.1) is 12.6 Å².